The maximum absolute atomic E-state index is 11.5. The maximum atomic E-state index is 11.5. The van der Waals surface area contributed by atoms with Gasteiger partial charge in [-0.05, 0) is 12.3 Å². The molecule has 66 valence electrons. The fourth-order valence-electron chi connectivity index (χ4n) is 1.06. The smallest absolute Gasteiger partial charge is 0.175 e. The fourth-order valence-corrected chi connectivity index (χ4v) is 1.68. The Bertz CT molecular complexity index is 349. The van der Waals surface area contributed by atoms with Crippen molar-refractivity contribution in [2.45, 2.75) is 11.3 Å². The van der Waals surface area contributed by atoms with Crippen molar-refractivity contribution >= 4 is 17.5 Å². The van der Waals surface area contributed by atoms with Gasteiger partial charge in [-0.1, -0.05) is 24.1 Å². The van der Waals surface area contributed by atoms with Gasteiger partial charge < -0.3 is 0 Å². The van der Waals surface area contributed by atoms with E-state index in [4.69, 9.17) is 6.42 Å². The second kappa shape index (κ2) is 4.74. The second-order valence-corrected chi connectivity index (χ2v) is 3.35. The van der Waals surface area contributed by atoms with E-state index in [1.807, 2.05) is 30.5 Å². The van der Waals surface area contributed by atoms with Crippen LogP contribution >= 0.6 is 11.8 Å². The predicted octanol–water partition coefficient (Wildman–Crippen LogP) is 2.61. The van der Waals surface area contributed by atoms with Crippen molar-refractivity contribution in [1.29, 1.82) is 0 Å². The Hall–Kier alpha value is -1.20. The van der Waals surface area contributed by atoms with Crippen molar-refractivity contribution in [3.8, 4) is 12.3 Å². The third-order valence-electron chi connectivity index (χ3n) is 1.67. The van der Waals surface area contributed by atoms with Crippen LogP contribution in [0.4, 0.5) is 0 Å². The fraction of sp³-hybridized carbons (Fsp3) is 0.182. The highest BCUT2D eigenvalue weighted by molar-refractivity contribution is 7.98. The Balaban J connectivity index is 3.00. The molecule has 1 nitrogen and oxygen atoms in total. The minimum absolute atomic E-state index is 0.0208. The third-order valence-corrected chi connectivity index (χ3v) is 2.47. The summed E-state index contributed by atoms with van der Waals surface area (Å²) in [5.41, 5.74) is 0.730. The largest absolute Gasteiger partial charge is 0.293 e. The van der Waals surface area contributed by atoms with E-state index in [0.29, 0.717) is 0 Å². The van der Waals surface area contributed by atoms with E-state index in [1.54, 1.807) is 11.8 Å². The summed E-state index contributed by atoms with van der Waals surface area (Å²) >= 11 is 1.56. The lowest BCUT2D eigenvalue weighted by atomic mass is 10.1. The molecule has 0 heterocycles. The Labute approximate surface area is 82.5 Å². The number of hydrogen-bond acceptors (Lipinski definition) is 2. The molecule has 0 amide bonds. The zero-order valence-electron chi connectivity index (χ0n) is 7.41. The van der Waals surface area contributed by atoms with E-state index in [9.17, 15) is 4.79 Å². The van der Waals surface area contributed by atoms with Crippen LogP contribution < -0.4 is 0 Å². The van der Waals surface area contributed by atoms with Crippen LogP contribution in [-0.2, 0) is 0 Å². The summed E-state index contributed by atoms with van der Waals surface area (Å²) in [6, 6.07) is 7.50. The number of rotatable bonds is 3. The summed E-state index contributed by atoms with van der Waals surface area (Å²) < 4.78 is 0. The lowest BCUT2D eigenvalue weighted by molar-refractivity contribution is 0.0995. The number of benzene rings is 1. The first-order chi connectivity index (χ1) is 6.29. The first kappa shape index (κ1) is 9.88. The molecular weight excluding hydrogens is 180 g/mol. The lowest BCUT2D eigenvalue weighted by Gasteiger charge is -2.02. The van der Waals surface area contributed by atoms with Gasteiger partial charge in [0.15, 0.2) is 5.78 Å². The van der Waals surface area contributed by atoms with E-state index in [-0.39, 0.29) is 12.2 Å². The molecule has 1 aromatic carbocycles. The van der Waals surface area contributed by atoms with Gasteiger partial charge in [0, 0.05) is 10.5 Å². The summed E-state index contributed by atoms with van der Waals surface area (Å²) in [5.74, 6) is 2.38. The molecule has 0 aliphatic rings. The van der Waals surface area contributed by atoms with Crippen LogP contribution in [0.3, 0.4) is 0 Å². The van der Waals surface area contributed by atoms with Gasteiger partial charge in [-0.2, -0.15) is 0 Å². The Morgan fingerprint density at radius 2 is 2.23 bits per heavy atom. The molecule has 0 saturated carbocycles. The molecule has 0 atom stereocenters. The third kappa shape index (κ3) is 2.37. The average molecular weight is 190 g/mol. The number of terminal acetylenes is 1. The maximum Gasteiger partial charge on any atom is 0.175 e. The van der Waals surface area contributed by atoms with E-state index in [2.05, 4.69) is 5.92 Å². The normalized spacial score (nSPS) is 9.23. The van der Waals surface area contributed by atoms with E-state index in [1.165, 1.54) is 0 Å². The monoisotopic (exact) mass is 190 g/mol. The standard InChI is InChI=1S/C11H10OS/c1-3-6-10(12)9-7-4-5-8-11(9)13-2/h1,4-5,7-8H,6H2,2H3. The average Bonchev–Trinajstić information content (AvgIpc) is 2.18. The first-order valence-electron chi connectivity index (χ1n) is 3.89. The first-order valence-corrected chi connectivity index (χ1v) is 5.11. The Kier molecular flexibility index (Phi) is 3.60. The number of carbonyl (C=O) groups excluding carboxylic acids is 1. The zero-order chi connectivity index (χ0) is 9.68. The van der Waals surface area contributed by atoms with Gasteiger partial charge in [0.2, 0.25) is 0 Å². The highest BCUT2D eigenvalue weighted by atomic mass is 32.2. The molecule has 0 aromatic heterocycles. The molecular formula is C11H10OS. The van der Waals surface area contributed by atoms with Crippen molar-refractivity contribution in [3.63, 3.8) is 0 Å². The molecule has 1 aromatic rings. The summed E-state index contributed by atoms with van der Waals surface area (Å²) in [6.07, 6.45) is 7.21. The molecule has 0 bridgehead atoms. The number of ketones is 1. The summed E-state index contributed by atoms with van der Waals surface area (Å²) in [6.45, 7) is 0. The minimum Gasteiger partial charge on any atom is -0.293 e. The number of carbonyl (C=O) groups is 1. The van der Waals surface area contributed by atoms with Gasteiger partial charge in [-0.3, -0.25) is 4.79 Å². The van der Waals surface area contributed by atoms with Gasteiger partial charge in [0.25, 0.3) is 0 Å². The molecule has 1 rings (SSSR count). The number of thioether (sulfide) groups is 1. The van der Waals surface area contributed by atoms with Gasteiger partial charge in [0.1, 0.15) is 0 Å². The Morgan fingerprint density at radius 1 is 1.54 bits per heavy atom. The Morgan fingerprint density at radius 3 is 2.85 bits per heavy atom. The highest BCUT2D eigenvalue weighted by Gasteiger charge is 2.07. The van der Waals surface area contributed by atoms with Gasteiger partial charge in [-0.15, -0.1) is 18.2 Å². The van der Waals surface area contributed by atoms with Gasteiger partial charge in [0.05, 0.1) is 6.42 Å². The SMILES string of the molecule is C#CCC(=O)c1ccccc1SC. The highest BCUT2D eigenvalue weighted by Crippen LogP contribution is 2.20. The second-order valence-electron chi connectivity index (χ2n) is 2.50. The topological polar surface area (TPSA) is 17.1 Å². The van der Waals surface area contributed by atoms with Crippen LogP contribution in [0.1, 0.15) is 16.8 Å². The molecule has 2 heteroatoms. The minimum atomic E-state index is 0.0208. The molecule has 0 aliphatic heterocycles. The molecule has 0 unspecified atom stereocenters. The molecule has 0 radical (unpaired) electrons. The summed E-state index contributed by atoms with van der Waals surface area (Å²) in [4.78, 5) is 12.5. The van der Waals surface area contributed by atoms with Crippen LogP contribution in [0.5, 0.6) is 0 Å². The molecule has 0 fully saturated rings. The van der Waals surface area contributed by atoms with Crippen LogP contribution in [0.2, 0.25) is 0 Å². The summed E-state index contributed by atoms with van der Waals surface area (Å²) in [5, 5.41) is 0. The molecule has 0 saturated heterocycles. The summed E-state index contributed by atoms with van der Waals surface area (Å²) in [7, 11) is 0. The number of Topliss-reactive ketones (excluding diaryl/α,β-unsaturated/α-hetero) is 1. The molecule has 13 heavy (non-hydrogen) atoms. The van der Waals surface area contributed by atoms with Crippen molar-refractivity contribution in [3.05, 3.63) is 29.8 Å². The van der Waals surface area contributed by atoms with Crippen molar-refractivity contribution in [1.82, 2.24) is 0 Å². The molecule has 0 N–H and O–H groups in total. The van der Waals surface area contributed by atoms with Crippen LogP contribution in [-0.4, -0.2) is 12.0 Å². The quantitative estimate of drug-likeness (QED) is 0.414. The predicted molar refractivity (Wildman–Crippen MR) is 56.0 cm³/mol. The van der Waals surface area contributed by atoms with E-state index in [0.717, 1.165) is 10.5 Å². The molecule has 0 spiro atoms. The molecule has 0 aliphatic carbocycles. The van der Waals surface area contributed by atoms with Crippen LogP contribution in [0.25, 0.3) is 0 Å². The van der Waals surface area contributed by atoms with Gasteiger partial charge >= 0.3 is 0 Å². The van der Waals surface area contributed by atoms with Gasteiger partial charge in [-0.25, -0.2) is 0 Å². The lowest BCUT2D eigenvalue weighted by Crippen LogP contribution is -1.98. The van der Waals surface area contributed by atoms with Crippen molar-refractivity contribution < 1.29 is 4.79 Å². The van der Waals surface area contributed by atoms with E-state index >= 15 is 0 Å². The van der Waals surface area contributed by atoms with E-state index < -0.39 is 0 Å². The zero-order valence-corrected chi connectivity index (χ0v) is 8.23. The van der Waals surface area contributed by atoms with Crippen molar-refractivity contribution in [2.24, 2.45) is 0 Å². The van der Waals surface area contributed by atoms with Crippen LogP contribution in [0, 0.1) is 12.3 Å². The van der Waals surface area contributed by atoms with Crippen LogP contribution in [0.15, 0.2) is 29.2 Å². The number of hydrogen-bond donors (Lipinski definition) is 0. The van der Waals surface area contributed by atoms with Crippen molar-refractivity contribution in [2.75, 3.05) is 6.26 Å².